The molecule has 10 nitrogen and oxygen atoms in total. The van der Waals surface area contributed by atoms with Crippen molar-refractivity contribution in [1.82, 2.24) is 29.3 Å². The zero-order chi connectivity index (χ0) is 27.2. The van der Waals surface area contributed by atoms with Gasteiger partial charge in [-0.05, 0) is 31.9 Å². The van der Waals surface area contributed by atoms with Crippen molar-refractivity contribution in [2.24, 2.45) is 7.05 Å². The summed E-state index contributed by atoms with van der Waals surface area (Å²) < 4.78 is 42.5. The number of likely N-dealkylation sites (tertiary alicyclic amines) is 1. The molecular weight excluding hydrogens is 523 g/mol. The minimum atomic E-state index is -4.62. The summed E-state index contributed by atoms with van der Waals surface area (Å²) >= 11 is 1.28. The number of rotatable bonds is 4. The molecule has 1 fully saturated rings. The number of thiazole rings is 1. The van der Waals surface area contributed by atoms with Crippen LogP contribution in [0.2, 0.25) is 0 Å². The smallest absolute Gasteiger partial charge is 0.339 e. The number of nitrogens with zero attached hydrogens (tertiary/aromatic N) is 6. The van der Waals surface area contributed by atoms with Crippen molar-refractivity contribution in [3.63, 3.8) is 0 Å². The van der Waals surface area contributed by atoms with Gasteiger partial charge in [0.15, 0.2) is 5.65 Å². The molecule has 1 aliphatic rings. The van der Waals surface area contributed by atoms with Crippen LogP contribution in [0, 0.1) is 6.92 Å². The van der Waals surface area contributed by atoms with Gasteiger partial charge in [0.1, 0.15) is 16.9 Å². The first kappa shape index (κ1) is 25.6. The highest BCUT2D eigenvalue weighted by molar-refractivity contribution is 7.09. The van der Waals surface area contributed by atoms with Crippen LogP contribution >= 0.6 is 11.3 Å². The molecule has 0 spiro atoms. The zero-order valence-corrected chi connectivity index (χ0v) is 21.1. The second-order valence-electron chi connectivity index (χ2n) is 8.96. The number of hydrogen-bond acceptors (Lipinski definition) is 7. The van der Waals surface area contributed by atoms with Gasteiger partial charge in [-0.15, -0.1) is 11.3 Å². The summed E-state index contributed by atoms with van der Waals surface area (Å²) in [5.74, 6) is -1.04. The topological polar surface area (TPSA) is 115 Å². The lowest BCUT2D eigenvalue weighted by Crippen LogP contribution is -2.38. The third kappa shape index (κ3) is 4.78. The summed E-state index contributed by atoms with van der Waals surface area (Å²) in [5, 5.41) is 6.64. The number of piperidine rings is 1. The molecule has 0 saturated carbocycles. The third-order valence-corrected chi connectivity index (χ3v) is 7.40. The Labute approximate surface area is 217 Å². The Morgan fingerprint density at radius 2 is 1.84 bits per heavy atom. The van der Waals surface area contributed by atoms with E-state index in [1.807, 2.05) is 0 Å². The predicted molar refractivity (Wildman–Crippen MR) is 133 cm³/mol. The molecule has 0 unspecified atom stereocenters. The largest absolute Gasteiger partial charge is 0.417 e. The maximum Gasteiger partial charge on any atom is 0.417 e. The average molecular weight is 546 g/mol. The first-order valence-electron chi connectivity index (χ1n) is 11.7. The SMILES string of the molecule is Cc1nc2nn(C)cc2c(=O)n1NC(=O)c1csc(C2CCN(C(=O)c3ccccc3C(F)(F)F)CC2)n1. The second-order valence-corrected chi connectivity index (χ2v) is 9.85. The van der Waals surface area contributed by atoms with Crippen LogP contribution in [0.5, 0.6) is 0 Å². The van der Waals surface area contributed by atoms with Crippen LogP contribution in [0.25, 0.3) is 11.0 Å². The number of aryl methyl sites for hydroxylation is 2. The van der Waals surface area contributed by atoms with Crippen molar-refractivity contribution in [3.8, 4) is 0 Å². The minimum Gasteiger partial charge on any atom is -0.339 e. The summed E-state index contributed by atoms with van der Waals surface area (Å²) in [6.45, 7) is 2.11. The summed E-state index contributed by atoms with van der Waals surface area (Å²) in [7, 11) is 1.66. The first-order valence-corrected chi connectivity index (χ1v) is 12.6. The molecule has 0 atom stereocenters. The number of carbonyl (C=O) groups excluding carboxylic acids is 2. The van der Waals surface area contributed by atoms with Crippen molar-refractivity contribution in [3.05, 3.63) is 73.8 Å². The molecule has 5 rings (SSSR count). The monoisotopic (exact) mass is 545 g/mol. The van der Waals surface area contributed by atoms with E-state index in [9.17, 15) is 27.6 Å². The zero-order valence-electron chi connectivity index (χ0n) is 20.3. The Morgan fingerprint density at radius 3 is 2.55 bits per heavy atom. The normalized spacial score (nSPS) is 14.7. The van der Waals surface area contributed by atoms with Gasteiger partial charge in [0.25, 0.3) is 17.4 Å². The molecule has 14 heteroatoms. The molecule has 2 amide bonds. The number of alkyl halides is 3. The van der Waals surface area contributed by atoms with Gasteiger partial charge >= 0.3 is 6.18 Å². The average Bonchev–Trinajstić information content (AvgIpc) is 3.52. The van der Waals surface area contributed by atoms with E-state index in [0.29, 0.717) is 17.8 Å². The standard InChI is InChI=1S/C24H22F3N7O3S/c1-13-28-19-16(11-32(2)30-19)23(37)34(13)31-20(35)18-12-38-21(29-18)14-7-9-33(10-8-14)22(36)15-5-3-4-6-17(15)24(25,26)27/h3-6,11-12,14H,7-10H2,1-2H3,(H,31,35). The summed E-state index contributed by atoms with van der Waals surface area (Å²) in [4.78, 5) is 48.6. The van der Waals surface area contributed by atoms with Crippen molar-refractivity contribution >= 4 is 34.2 Å². The fraction of sp³-hybridized carbons (Fsp3) is 0.333. The van der Waals surface area contributed by atoms with E-state index < -0.39 is 29.1 Å². The summed E-state index contributed by atoms with van der Waals surface area (Å²) in [6.07, 6.45) is -2.11. The van der Waals surface area contributed by atoms with Gasteiger partial charge in [0, 0.05) is 37.6 Å². The van der Waals surface area contributed by atoms with E-state index in [4.69, 9.17) is 0 Å². The summed E-state index contributed by atoms with van der Waals surface area (Å²) in [5.41, 5.74) is 1.16. The molecule has 1 N–H and O–H groups in total. The van der Waals surface area contributed by atoms with Crippen LogP contribution in [0.1, 0.15) is 56.0 Å². The predicted octanol–water partition coefficient (Wildman–Crippen LogP) is 3.32. The number of carbonyl (C=O) groups is 2. The van der Waals surface area contributed by atoms with Crippen LogP contribution < -0.4 is 11.0 Å². The van der Waals surface area contributed by atoms with Crippen LogP contribution in [0.3, 0.4) is 0 Å². The Balaban J connectivity index is 1.26. The van der Waals surface area contributed by atoms with Crippen LogP contribution in [-0.2, 0) is 13.2 Å². The number of nitrogens with one attached hydrogen (secondary N) is 1. The van der Waals surface area contributed by atoms with Gasteiger partial charge in [-0.3, -0.25) is 24.5 Å². The fourth-order valence-corrected chi connectivity index (χ4v) is 5.44. The molecule has 38 heavy (non-hydrogen) atoms. The van der Waals surface area contributed by atoms with E-state index in [2.05, 4.69) is 20.5 Å². The number of benzene rings is 1. The Morgan fingerprint density at radius 1 is 1.13 bits per heavy atom. The molecule has 0 aliphatic carbocycles. The van der Waals surface area contributed by atoms with Gasteiger partial charge in [-0.2, -0.15) is 18.3 Å². The van der Waals surface area contributed by atoms with E-state index in [1.54, 1.807) is 19.4 Å². The highest BCUT2D eigenvalue weighted by atomic mass is 32.1. The van der Waals surface area contributed by atoms with Crippen molar-refractivity contribution < 1.29 is 22.8 Å². The number of aromatic nitrogens is 5. The molecule has 1 aromatic carbocycles. The highest BCUT2D eigenvalue weighted by Crippen LogP contribution is 2.34. The van der Waals surface area contributed by atoms with E-state index >= 15 is 0 Å². The van der Waals surface area contributed by atoms with E-state index in [-0.39, 0.29) is 47.1 Å². The maximum absolute atomic E-state index is 13.3. The molecule has 1 saturated heterocycles. The van der Waals surface area contributed by atoms with Crippen molar-refractivity contribution in [2.45, 2.75) is 31.9 Å². The lowest BCUT2D eigenvalue weighted by molar-refractivity contribution is -0.138. The van der Waals surface area contributed by atoms with Gasteiger partial charge in [0.05, 0.1) is 16.1 Å². The van der Waals surface area contributed by atoms with Gasteiger partial charge in [0.2, 0.25) is 0 Å². The van der Waals surface area contributed by atoms with E-state index in [1.165, 1.54) is 45.3 Å². The summed E-state index contributed by atoms with van der Waals surface area (Å²) in [6, 6.07) is 4.77. The molecule has 4 aromatic rings. The van der Waals surface area contributed by atoms with Crippen molar-refractivity contribution in [1.29, 1.82) is 0 Å². The lowest BCUT2D eigenvalue weighted by atomic mass is 9.96. The molecule has 0 radical (unpaired) electrons. The van der Waals surface area contributed by atoms with E-state index in [0.717, 1.165) is 10.7 Å². The van der Waals surface area contributed by atoms with Crippen LogP contribution in [-0.4, -0.2) is 54.2 Å². The molecule has 4 heterocycles. The minimum absolute atomic E-state index is 0.0543. The van der Waals surface area contributed by atoms with Gasteiger partial charge in [-0.1, -0.05) is 12.1 Å². The van der Waals surface area contributed by atoms with Crippen LogP contribution in [0.4, 0.5) is 13.2 Å². The van der Waals surface area contributed by atoms with Gasteiger partial charge in [-0.25, -0.2) is 14.6 Å². The number of halogens is 3. The Kier molecular flexibility index (Phi) is 6.51. The molecule has 198 valence electrons. The van der Waals surface area contributed by atoms with Crippen LogP contribution in [0.15, 0.2) is 40.6 Å². The third-order valence-electron chi connectivity index (χ3n) is 6.40. The number of hydrogen-bond donors (Lipinski definition) is 1. The molecule has 3 aromatic heterocycles. The molecule has 0 bridgehead atoms. The highest BCUT2D eigenvalue weighted by Gasteiger charge is 2.36. The maximum atomic E-state index is 13.3. The Hall–Kier alpha value is -4.07. The van der Waals surface area contributed by atoms with Gasteiger partial charge < -0.3 is 4.90 Å². The number of fused-ring (bicyclic) bond motifs is 1. The van der Waals surface area contributed by atoms with Crippen molar-refractivity contribution in [2.75, 3.05) is 18.5 Å². The second kappa shape index (κ2) is 9.67. The number of amides is 2. The molecule has 1 aliphatic heterocycles. The fourth-order valence-electron chi connectivity index (χ4n) is 4.47. The first-order chi connectivity index (χ1) is 18.0. The lowest BCUT2D eigenvalue weighted by Gasteiger charge is -2.31. The Bertz CT molecular complexity index is 1600. The molecular formula is C24H22F3N7O3S. The quantitative estimate of drug-likeness (QED) is 0.421.